The van der Waals surface area contributed by atoms with Crippen LogP contribution in [0, 0.1) is 11.8 Å². The molecule has 1 amide bonds. The predicted octanol–water partition coefficient (Wildman–Crippen LogP) is 2.89. The number of hydrogen-bond acceptors (Lipinski definition) is 4. The third kappa shape index (κ3) is 3.59. The van der Waals surface area contributed by atoms with Crippen molar-refractivity contribution in [3.63, 3.8) is 0 Å². The summed E-state index contributed by atoms with van der Waals surface area (Å²) < 4.78 is 31.7. The Hall–Kier alpha value is -1.05. The summed E-state index contributed by atoms with van der Waals surface area (Å²) in [7, 11) is 0. The van der Waals surface area contributed by atoms with Crippen molar-refractivity contribution in [1.29, 1.82) is 0 Å². The number of nitrogens with zero attached hydrogens (tertiary/aromatic N) is 1. The van der Waals surface area contributed by atoms with Gasteiger partial charge in [-0.1, -0.05) is 6.07 Å². The lowest BCUT2D eigenvalue weighted by Gasteiger charge is -2.50. The number of rotatable bonds is 6. The molecule has 1 atom stereocenters. The first-order valence-corrected chi connectivity index (χ1v) is 9.88. The Balaban J connectivity index is 1.20. The molecule has 2 saturated heterocycles. The minimum atomic E-state index is -2.64. The molecule has 25 heavy (non-hydrogen) atoms. The van der Waals surface area contributed by atoms with Crippen molar-refractivity contribution < 1.29 is 18.3 Å². The smallest absolute Gasteiger partial charge is 0.249 e. The van der Waals surface area contributed by atoms with Gasteiger partial charge in [-0.3, -0.25) is 9.69 Å². The quantitative estimate of drug-likeness (QED) is 0.837. The predicted molar refractivity (Wildman–Crippen MR) is 91.7 cm³/mol. The fraction of sp³-hybridized carbons (Fsp3) is 0.722. The third-order valence-electron chi connectivity index (χ3n) is 5.79. The number of ether oxygens (including phenoxy) is 1. The fourth-order valence-electron chi connectivity index (χ4n) is 4.35. The van der Waals surface area contributed by atoms with Gasteiger partial charge in [-0.25, -0.2) is 8.78 Å². The Bertz CT molecular complexity index is 609. The summed E-state index contributed by atoms with van der Waals surface area (Å²) in [4.78, 5) is 15.7. The zero-order valence-corrected chi connectivity index (χ0v) is 15.0. The molecule has 1 N–H and O–H groups in total. The summed E-state index contributed by atoms with van der Waals surface area (Å²) in [6, 6.07) is 4.23. The minimum absolute atomic E-state index is 0.0640. The van der Waals surface area contributed by atoms with E-state index in [-0.39, 0.29) is 24.3 Å². The van der Waals surface area contributed by atoms with E-state index >= 15 is 0 Å². The maximum atomic E-state index is 12.8. The lowest BCUT2D eigenvalue weighted by molar-refractivity contribution is -0.150. The van der Waals surface area contributed by atoms with E-state index in [0.29, 0.717) is 12.5 Å². The van der Waals surface area contributed by atoms with Crippen molar-refractivity contribution in [2.45, 2.75) is 43.8 Å². The van der Waals surface area contributed by atoms with E-state index in [4.69, 9.17) is 4.74 Å². The standard InChI is InChI=1S/C18H24F2N2O2S/c19-18(20)8-13(9-18)16(23)21-5-3-14-4-6-24-17(14)11-22(12-17)10-15-2-1-7-25-15/h1-2,7,13-14H,3-6,8-12H2,(H,21,23). The zero-order valence-electron chi connectivity index (χ0n) is 14.2. The highest BCUT2D eigenvalue weighted by Gasteiger charge is 2.52. The lowest BCUT2D eigenvalue weighted by Crippen LogP contribution is -2.64. The molecule has 1 spiro atoms. The molecule has 0 aromatic carbocycles. The molecule has 0 radical (unpaired) electrons. The summed E-state index contributed by atoms with van der Waals surface area (Å²) in [6.45, 7) is 4.20. The van der Waals surface area contributed by atoms with E-state index in [1.54, 1.807) is 11.3 Å². The van der Waals surface area contributed by atoms with Crippen LogP contribution in [0.1, 0.15) is 30.6 Å². The van der Waals surface area contributed by atoms with Gasteiger partial charge in [0.1, 0.15) is 0 Å². The van der Waals surface area contributed by atoms with Gasteiger partial charge in [0.05, 0.1) is 5.60 Å². The molecule has 4 nitrogen and oxygen atoms in total. The van der Waals surface area contributed by atoms with Crippen molar-refractivity contribution in [3.8, 4) is 0 Å². The summed E-state index contributed by atoms with van der Waals surface area (Å²) >= 11 is 1.78. The molecule has 1 aromatic rings. The highest BCUT2D eigenvalue weighted by Crippen LogP contribution is 2.43. The van der Waals surface area contributed by atoms with Crippen LogP contribution in [0.5, 0.6) is 0 Å². The zero-order chi connectivity index (χ0) is 17.5. The van der Waals surface area contributed by atoms with Crippen molar-refractivity contribution in [1.82, 2.24) is 10.2 Å². The highest BCUT2D eigenvalue weighted by atomic mass is 32.1. The lowest BCUT2D eigenvalue weighted by atomic mass is 9.78. The second-order valence-electron chi connectivity index (χ2n) is 7.66. The Morgan fingerprint density at radius 1 is 1.40 bits per heavy atom. The molecule has 0 bridgehead atoms. The second kappa shape index (κ2) is 6.59. The largest absolute Gasteiger partial charge is 0.372 e. The molecule has 1 aromatic heterocycles. The van der Waals surface area contributed by atoms with Crippen molar-refractivity contribution >= 4 is 17.2 Å². The van der Waals surface area contributed by atoms with Gasteiger partial charge in [0.25, 0.3) is 0 Å². The van der Waals surface area contributed by atoms with Gasteiger partial charge >= 0.3 is 0 Å². The first-order valence-electron chi connectivity index (χ1n) is 9.00. The minimum Gasteiger partial charge on any atom is -0.372 e. The van der Waals surface area contributed by atoms with E-state index in [1.165, 1.54) is 4.88 Å². The summed E-state index contributed by atoms with van der Waals surface area (Å²) in [6.07, 6.45) is 1.28. The second-order valence-corrected chi connectivity index (χ2v) is 8.70. The average Bonchev–Trinajstić information content (AvgIpc) is 3.14. The van der Waals surface area contributed by atoms with Crippen LogP contribution in [0.15, 0.2) is 17.5 Å². The Morgan fingerprint density at radius 3 is 2.88 bits per heavy atom. The van der Waals surface area contributed by atoms with Crippen LogP contribution in [-0.4, -0.2) is 48.6 Å². The van der Waals surface area contributed by atoms with E-state index in [9.17, 15) is 13.6 Å². The molecule has 7 heteroatoms. The number of carbonyl (C=O) groups is 1. The number of amides is 1. The van der Waals surface area contributed by atoms with Crippen LogP contribution in [0.3, 0.4) is 0 Å². The van der Waals surface area contributed by atoms with Crippen LogP contribution in [0.4, 0.5) is 8.78 Å². The number of hydrogen-bond donors (Lipinski definition) is 1. The van der Waals surface area contributed by atoms with Gasteiger partial charge in [0.2, 0.25) is 11.8 Å². The SMILES string of the molecule is O=C(NCCC1CCOC12CN(Cc1cccs1)C2)C1CC(F)(F)C1. The van der Waals surface area contributed by atoms with Crippen LogP contribution < -0.4 is 5.32 Å². The number of halogens is 2. The van der Waals surface area contributed by atoms with Gasteiger partial charge in [-0.15, -0.1) is 11.3 Å². The first kappa shape index (κ1) is 17.4. The number of thiophene rings is 1. The maximum absolute atomic E-state index is 12.8. The average molecular weight is 370 g/mol. The highest BCUT2D eigenvalue weighted by molar-refractivity contribution is 7.09. The number of carbonyl (C=O) groups excluding carboxylic acids is 1. The van der Waals surface area contributed by atoms with Gasteiger partial charge in [-0.2, -0.15) is 0 Å². The molecule has 1 unspecified atom stereocenters. The van der Waals surface area contributed by atoms with Gasteiger partial charge < -0.3 is 10.1 Å². The van der Waals surface area contributed by atoms with Gasteiger partial charge in [-0.05, 0) is 30.2 Å². The van der Waals surface area contributed by atoms with Crippen LogP contribution in [0.2, 0.25) is 0 Å². The molecular weight excluding hydrogens is 346 g/mol. The molecule has 4 rings (SSSR count). The molecule has 2 aliphatic heterocycles. The Morgan fingerprint density at radius 2 is 2.20 bits per heavy atom. The van der Waals surface area contributed by atoms with Gasteiger partial charge in [0.15, 0.2) is 0 Å². The van der Waals surface area contributed by atoms with Crippen molar-refractivity contribution in [3.05, 3.63) is 22.4 Å². The molecule has 138 valence electrons. The van der Waals surface area contributed by atoms with E-state index in [0.717, 1.165) is 39.1 Å². The van der Waals surface area contributed by atoms with Crippen LogP contribution in [0.25, 0.3) is 0 Å². The molecule has 3 fully saturated rings. The number of alkyl halides is 2. The summed E-state index contributed by atoms with van der Waals surface area (Å²) in [5.74, 6) is -2.92. The van der Waals surface area contributed by atoms with E-state index in [2.05, 4.69) is 27.7 Å². The Labute approximate surface area is 150 Å². The number of likely N-dealkylation sites (tertiary alicyclic amines) is 1. The van der Waals surface area contributed by atoms with Crippen LogP contribution >= 0.6 is 11.3 Å². The van der Waals surface area contributed by atoms with Crippen molar-refractivity contribution in [2.24, 2.45) is 11.8 Å². The van der Waals surface area contributed by atoms with Crippen LogP contribution in [-0.2, 0) is 16.1 Å². The molecule has 3 aliphatic rings. The monoisotopic (exact) mass is 370 g/mol. The van der Waals surface area contributed by atoms with E-state index in [1.807, 2.05) is 0 Å². The van der Waals surface area contributed by atoms with E-state index < -0.39 is 11.8 Å². The summed E-state index contributed by atoms with van der Waals surface area (Å²) in [5, 5.41) is 4.94. The topological polar surface area (TPSA) is 41.6 Å². The molecular formula is C18H24F2N2O2S. The molecule has 1 aliphatic carbocycles. The molecule has 3 heterocycles. The fourth-order valence-corrected chi connectivity index (χ4v) is 5.09. The molecule has 1 saturated carbocycles. The first-order chi connectivity index (χ1) is 12.0. The number of nitrogens with one attached hydrogen (secondary N) is 1. The summed E-state index contributed by atoms with van der Waals surface area (Å²) in [5.41, 5.74) is -0.0640. The third-order valence-corrected chi connectivity index (χ3v) is 6.66. The Kier molecular flexibility index (Phi) is 4.58. The maximum Gasteiger partial charge on any atom is 0.249 e. The van der Waals surface area contributed by atoms with Crippen molar-refractivity contribution in [2.75, 3.05) is 26.2 Å². The normalized spacial score (nSPS) is 27.8. The van der Waals surface area contributed by atoms with Gasteiger partial charge in [0, 0.05) is 56.4 Å².